The molecular formula is C31H41F3N6O4S. The van der Waals surface area contributed by atoms with Gasteiger partial charge in [-0.15, -0.1) is 0 Å². The number of piperidine rings is 2. The summed E-state index contributed by atoms with van der Waals surface area (Å²) in [4.78, 5) is 36.6. The maximum atomic E-state index is 13.6. The number of carbonyl (C=O) groups excluding carboxylic acids is 2. The highest BCUT2D eigenvalue weighted by Gasteiger charge is 2.43. The second-order valence-electron chi connectivity index (χ2n) is 12.3. The monoisotopic (exact) mass is 650 g/mol. The van der Waals surface area contributed by atoms with Crippen LogP contribution in [0.15, 0.2) is 53.6 Å². The Hall–Kier alpha value is -3.07. The number of hydrogen-bond donors (Lipinski definition) is 1. The van der Waals surface area contributed by atoms with Crippen molar-refractivity contribution >= 4 is 21.8 Å². The third-order valence-corrected chi connectivity index (χ3v) is 11.4. The van der Waals surface area contributed by atoms with Crippen molar-refractivity contribution in [2.45, 2.75) is 61.2 Å². The smallest absolute Gasteiger partial charge is 0.349 e. The Morgan fingerprint density at radius 2 is 1.71 bits per heavy atom. The molecule has 0 aliphatic carbocycles. The van der Waals surface area contributed by atoms with Crippen LogP contribution in [0.1, 0.15) is 54.6 Å². The molecule has 0 radical (unpaired) electrons. The Bertz CT molecular complexity index is 1440. The first-order valence-corrected chi connectivity index (χ1v) is 16.9. The maximum absolute atomic E-state index is 13.6. The van der Waals surface area contributed by atoms with E-state index in [0.717, 1.165) is 44.7 Å². The van der Waals surface area contributed by atoms with Crippen LogP contribution in [-0.2, 0) is 21.0 Å². The fourth-order valence-corrected chi connectivity index (χ4v) is 8.42. The lowest BCUT2D eigenvalue weighted by molar-refractivity contribution is -0.138. The zero-order valence-electron chi connectivity index (χ0n) is 25.5. The van der Waals surface area contributed by atoms with Gasteiger partial charge in [-0.05, 0) is 63.1 Å². The van der Waals surface area contributed by atoms with Gasteiger partial charge in [0.15, 0.2) is 0 Å². The number of benzene rings is 1. The summed E-state index contributed by atoms with van der Waals surface area (Å²) in [6, 6.07) is 8.33. The number of halogens is 3. The van der Waals surface area contributed by atoms with Crippen LogP contribution in [0.25, 0.3) is 0 Å². The van der Waals surface area contributed by atoms with E-state index in [2.05, 4.69) is 27.1 Å². The van der Waals surface area contributed by atoms with Crippen LogP contribution < -0.4 is 5.32 Å². The van der Waals surface area contributed by atoms with Gasteiger partial charge in [-0.1, -0.05) is 18.6 Å². The summed E-state index contributed by atoms with van der Waals surface area (Å²) in [7, 11) is -2.16. The number of rotatable bonds is 8. The van der Waals surface area contributed by atoms with Crippen LogP contribution in [0.3, 0.4) is 0 Å². The lowest BCUT2D eigenvalue weighted by Gasteiger charge is -2.51. The van der Waals surface area contributed by atoms with E-state index in [-0.39, 0.29) is 30.3 Å². The van der Waals surface area contributed by atoms with Gasteiger partial charge >= 0.3 is 6.18 Å². The Morgan fingerprint density at radius 3 is 2.38 bits per heavy atom. The predicted molar refractivity (Wildman–Crippen MR) is 162 cm³/mol. The lowest BCUT2D eigenvalue weighted by Crippen LogP contribution is -2.64. The fourth-order valence-electron chi connectivity index (χ4n) is 6.68. The molecule has 1 aromatic heterocycles. The van der Waals surface area contributed by atoms with E-state index in [0.29, 0.717) is 57.1 Å². The first kappa shape index (κ1) is 33.3. The Kier molecular flexibility index (Phi) is 10.2. The number of sulfonamides is 1. The van der Waals surface area contributed by atoms with Crippen molar-refractivity contribution in [1.82, 2.24) is 29.3 Å². The molecule has 2 amide bonds. The number of amides is 2. The van der Waals surface area contributed by atoms with Crippen LogP contribution in [0.5, 0.6) is 0 Å². The molecule has 3 saturated heterocycles. The molecule has 3 aliphatic rings. The number of likely N-dealkylation sites (tertiary alicyclic amines) is 1. The van der Waals surface area contributed by atoms with Crippen molar-refractivity contribution in [3.8, 4) is 0 Å². The molecule has 5 rings (SSSR count). The van der Waals surface area contributed by atoms with Crippen molar-refractivity contribution in [3.05, 3.63) is 59.9 Å². The number of alkyl halides is 3. The molecule has 0 spiro atoms. The van der Waals surface area contributed by atoms with Gasteiger partial charge in [-0.25, -0.2) is 8.42 Å². The van der Waals surface area contributed by atoms with Crippen molar-refractivity contribution < 1.29 is 31.2 Å². The van der Waals surface area contributed by atoms with Crippen LogP contribution in [-0.4, -0.2) is 115 Å². The molecule has 246 valence electrons. The molecule has 4 heterocycles. The quantitative estimate of drug-likeness (QED) is 0.468. The van der Waals surface area contributed by atoms with Crippen LogP contribution in [0.2, 0.25) is 0 Å². The van der Waals surface area contributed by atoms with Gasteiger partial charge in [0.2, 0.25) is 15.9 Å². The van der Waals surface area contributed by atoms with E-state index in [4.69, 9.17) is 0 Å². The first-order valence-electron chi connectivity index (χ1n) is 15.5. The third-order valence-electron chi connectivity index (χ3n) is 9.45. The van der Waals surface area contributed by atoms with E-state index >= 15 is 0 Å². The van der Waals surface area contributed by atoms with Crippen LogP contribution in [0.4, 0.5) is 13.2 Å². The highest BCUT2D eigenvalue weighted by Crippen LogP contribution is 2.34. The van der Waals surface area contributed by atoms with Gasteiger partial charge in [0.05, 0.1) is 10.5 Å². The highest BCUT2D eigenvalue weighted by molar-refractivity contribution is 7.89. The molecule has 2 aromatic rings. The summed E-state index contributed by atoms with van der Waals surface area (Å²) in [5.41, 5.74) is -1.02. The van der Waals surface area contributed by atoms with E-state index in [9.17, 15) is 31.2 Å². The van der Waals surface area contributed by atoms with Crippen LogP contribution >= 0.6 is 0 Å². The van der Waals surface area contributed by atoms with E-state index < -0.39 is 32.7 Å². The molecule has 45 heavy (non-hydrogen) atoms. The maximum Gasteiger partial charge on any atom is 0.416 e. The number of nitrogens with zero attached hydrogens (tertiary/aromatic N) is 5. The van der Waals surface area contributed by atoms with E-state index in [1.54, 1.807) is 29.3 Å². The summed E-state index contributed by atoms with van der Waals surface area (Å²) < 4.78 is 68.3. The van der Waals surface area contributed by atoms with Gasteiger partial charge in [0.25, 0.3) is 5.91 Å². The minimum Gasteiger partial charge on any atom is -0.349 e. The third kappa shape index (κ3) is 7.67. The standard InChI is InChI=1S/C31H41F3N6O4S/c1-37-17-19-39(20-18-37)30(23-36-29(42)27-10-2-4-13-35-27)11-15-38(16-12-30)28(41)22-25-8-3-5-14-40(25)45(43,44)26-9-6-7-24(21-26)31(32,33)34/h2,4,6-7,9-10,13,21,25H,3,5,8,11-12,14-20,22-23H2,1H3,(H,36,42). The average molecular weight is 651 g/mol. The first-order chi connectivity index (χ1) is 21.4. The molecule has 0 saturated carbocycles. The molecule has 1 aromatic carbocycles. The zero-order chi connectivity index (χ0) is 32.2. The second kappa shape index (κ2) is 13.7. The summed E-state index contributed by atoms with van der Waals surface area (Å²) in [5, 5.41) is 3.08. The van der Waals surface area contributed by atoms with E-state index in [1.165, 1.54) is 10.4 Å². The summed E-state index contributed by atoms with van der Waals surface area (Å²) in [5.74, 6) is -0.419. The minimum absolute atomic E-state index is 0.0316. The molecule has 0 bridgehead atoms. The number of hydrogen-bond acceptors (Lipinski definition) is 7. The number of nitrogens with one attached hydrogen (secondary N) is 1. The van der Waals surface area contributed by atoms with Crippen LogP contribution in [0, 0.1) is 0 Å². The normalized spacial score (nSPS) is 22.2. The highest BCUT2D eigenvalue weighted by atomic mass is 32.2. The number of pyridine rings is 1. The fraction of sp³-hybridized carbons (Fsp3) is 0.581. The molecule has 1 unspecified atom stereocenters. The summed E-state index contributed by atoms with van der Waals surface area (Å²) >= 11 is 0. The zero-order valence-corrected chi connectivity index (χ0v) is 26.3. The molecule has 1 atom stereocenters. The van der Waals surface area contributed by atoms with Crippen molar-refractivity contribution in [2.75, 3.05) is 59.4 Å². The van der Waals surface area contributed by atoms with Gasteiger partial charge in [-0.3, -0.25) is 19.5 Å². The SMILES string of the molecule is CN1CCN(C2(CNC(=O)c3ccccn3)CCN(C(=O)CC3CCCCN3S(=O)(=O)c3cccc(C(F)(F)F)c3)CC2)CC1. The molecule has 3 aliphatic heterocycles. The summed E-state index contributed by atoms with van der Waals surface area (Å²) in [6.07, 6.45) is -0.0764. The van der Waals surface area contributed by atoms with Gasteiger partial charge in [0.1, 0.15) is 5.69 Å². The topological polar surface area (TPSA) is 106 Å². The number of carbonyl (C=O) groups is 2. The Balaban J connectivity index is 1.26. The minimum atomic E-state index is -4.67. The Morgan fingerprint density at radius 1 is 0.978 bits per heavy atom. The predicted octanol–water partition coefficient (Wildman–Crippen LogP) is 3.07. The van der Waals surface area contributed by atoms with E-state index in [1.807, 2.05) is 0 Å². The van der Waals surface area contributed by atoms with Crippen molar-refractivity contribution in [1.29, 1.82) is 0 Å². The number of aromatic nitrogens is 1. The Labute approximate surface area is 262 Å². The largest absolute Gasteiger partial charge is 0.416 e. The number of likely N-dealkylation sites (N-methyl/N-ethyl adjacent to an activating group) is 1. The number of piperazine rings is 1. The van der Waals surface area contributed by atoms with Gasteiger partial charge < -0.3 is 15.1 Å². The summed E-state index contributed by atoms with van der Waals surface area (Å²) in [6.45, 7) is 4.96. The second-order valence-corrected chi connectivity index (χ2v) is 14.2. The van der Waals surface area contributed by atoms with Gasteiger partial charge in [0, 0.05) is 76.6 Å². The van der Waals surface area contributed by atoms with Gasteiger partial charge in [-0.2, -0.15) is 17.5 Å². The molecule has 3 fully saturated rings. The van der Waals surface area contributed by atoms with Crippen molar-refractivity contribution in [2.24, 2.45) is 0 Å². The molecule has 1 N–H and O–H groups in total. The molecular weight excluding hydrogens is 609 g/mol. The molecule has 14 heteroatoms. The lowest BCUT2D eigenvalue weighted by atomic mass is 9.84. The van der Waals surface area contributed by atoms with Crippen molar-refractivity contribution in [3.63, 3.8) is 0 Å². The molecule has 10 nitrogen and oxygen atoms in total. The average Bonchev–Trinajstić information content (AvgIpc) is 3.04.